The van der Waals surface area contributed by atoms with Crippen LogP contribution in [-0.4, -0.2) is 29.8 Å². The number of aliphatic carboxylic acids is 2. The smallest absolute Gasteiger partial charge is 0.268 e. The van der Waals surface area contributed by atoms with Gasteiger partial charge in [0.25, 0.3) is 5.91 Å². The van der Waals surface area contributed by atoms with E-state index in [4.69, 9.17) is 0 Å². The van der Waals surface area contributed by atoms with E-state index in [1.807, 2.05) is 0 Å². The van der Waals surface area contributed by atoms with Gasteiger partial charge in [0.05, 0.1) is 12.0 Å². The van der Waals surface area contributed by atoms with Gasteiger partial charge in [-0.15, -0.1) is 0 Å². The van der Waals surface area contributed by atoms with E-state index in [0.29, 0.717) is 5.56 Å². The highest BCUT2D eigenvalue weighted by Gasteiger charge is 2.17. The average Bonchev–Trinajstić information content (AvgIpc) is 2.50. The Bertz CT molecular complexity index is 654. The number of carbonyl (C=O) groups is 4. The lowest BCUT2D eigenvalue weighted by Crippen LogP contribution is -2.50. The van der Waals surface area contributed by atoms with Crippen LogP contribution in [0.25, 0.3) is 6.08 Å². The fourth-order valence-electron chi connectivity index (χ4n) is 1.81. The number of amides is 2. The number of benzene rings is 1. The average molecular weight is 332 g/mol. The van der Waals surface area contributed by atoms with Crippen molar-refractivity contribution >= 4 is 29.8 Å². The number of nitrogens with one attached hydrogen (secondary N) is 2. The summed E-state index contributed by atoms with van der Waals surface area (Å²) in [5.74, 6) is -4.47. The maximum atomic E-state index is 12.2. The number of hydrogen-bond acceptors (Lipinski definition) is 6. The first kappa shape index (κ1) is 18.9. The van der Waals surface area contributed by atoms with Crippen LogP contribution < -0.4 is 20.8 Å². The Labute approximate surface area is 138 Å². The van der Waals surface area contributed by atoms with E-state index in [1.54, 1.807) is 30.3 Å². The molecule has 8 heteroatoms. The molecule has 1 aromatic rings. The zero-order chi connectivity index (χ0) is 18.1. The van der Waals surface area contributed by atoms with E-state index in [1.165, 1.54) is 13.0 Å². The molecule has 1 rings (SSSR count). The summed E-state index contributed by atoms with van der Waals surface area (Å²) >= 11 is 0. The summed E-state index contributed by atoms with van der Waals surface area (Å²) in [4.78, 5) is 44.9. The molecule has 8 nitrogen and oxygen atoms in total. The number of rotatable bonds is 8. The Morgan fingerprint density at radius 1 is 1.12 bits per heavy atom. The van der Waals surface area contributed by atoms with Crippen molar-refractivity contribution in [3.63, 3.8) is 0 Å². The van der Waals surface area contributed by atoms with Crippen LogP contribution in [0.15, 0.2) is 36.0 Å². The zero-order valence-corrected chi connectivity index (χ0v) is 12.9. The molecule has 0 aliphatic carbocycles. The molecular formula is C16H16N2O6-2. The normalized spacial score (nSPS) is 12.1. The minimum atomic E-state index is -1.63. The van der Waals surface area contributed by atoms with Crippen molar-refractivity contribution in [3.8, 4) is 0 Å². The van der Waals surface area contributed by atoms with Crippen molar-refractivity contribution < 1.29 is 29.4 Å². The predicted octanol–water partition coefficient (Wildman–Crippen LogP) is -2.07. The van der Waals surface area contributed by atoms with Crippen LogP contribution in [0.2, 0.25) is 0 Å². The SMILES string of the molecule is CC(=O)N/C(=C\c1ccccc1)C(=O)N[C@H](CCC(=O)[O-])C(=O)[O-]. The van der Waals surface area contributed by atoms with E-state index in [-0.39, 0.29) is 5.70 Å². The molecule has 1 aromatic carbocycles. The third kappa shape index (κ3) is 6.73. The van der Waals surface area contributed by atoms with Gasteiger partial charge in [0.1, 0.15) is 5.70 Å². The Kier molecular flexibility index (Phi) is 7.15. The molecule has 0 spiro atoms. The lowest BCUT2D eigenvalue weighted by Gasteiger charge is -2.21. The van der Waals surface area contributed by atoms with Crippen LogP contribution >= 0.6 is 0 Å². The van der Waals surface area contributed by atoms with Crippen molar-refractivity contribution in [2.45, 2.75) is 25.8 Å². The van der Waals surface area contributed by atoms with Crippen LogP contribution in [0.5, 0.6) is 0 Å². The Morgan fingerprint density at radius 2 is 1.75 bits per heavy atom. The van der Waals surface area contributed by atoms with Crippen molar-refractivity contribution in [1.82, 2.24) is 10.6 Å². The Morgan fingerprint density at radius 3 is 2.25 bits per heavy atom. The van der Waals surface area contributed by atoms with E-state index < -0.39 is 42.6 Å². The first-order valence-electron chi connectivity index (χ1n) is 7.05. The lowest BCUT2D eigenvalue weighted by atomic mass is 10.1. The van der Waals surface area contributed by atoms with Gasteiger partial charge in [0, 0.05) is 12.9 Å². The third-order valence-corrected chi connectivity index (χ3v) is 2.89. The summed E-state index contributed by atoms with van der Waals surface area (Å²) in [5, 5.41) is 25.9. The minimum Gasteiger partial charge on any atom is -0.550 e. The second kappa shape index (κ2) is 9.09. The summed E-state index contributed by atoms with van der Waals surface area (Å²) < 4.78 is 0. The molecule has 0 saturated heterocycles. The molecule has 0 aliphatic heterocycles. The summed E-state index contributed by atoms with van der Waals surface area (Å²) in [6, 6.07) is 7.05. The molecule has 0 aromatic heterocycles. The van der Waals surface area contributed by atoms with Gasteiger partial charge in [-0.1, -0.05) is 30.3 Å². The number of carboxylic acid groups (broad SMARTS) is 2. The summed E-state index contributed by atoms with van der Waals surface area (Å²) in [6.07, 6.45) is 0.410. The molecule has 2 N–H and O–H groups in total. The highest BCUT2D eigenvalue weighted by molar-refractivity contribution is 6.02. The van der Waals surface area contributed by atoms with Gasteiger partial charge in [-0.05, 0) is 24.5 Å². The van der Waals surface area contributed by atoms with Gasteiger partial charge >= 0.3 is 0 Å². The van der Waals surface area contributed by atoms with Crippen molar-refractivity contribution in [2.75, 3.05) is 0 Å². The molecule has 0 heterocycles. The van der Waals surface area contributed by atoms with Gasteiger partial charge in [-0.25, -0.2) is 0 Å². The van der Waals surface area contributed by atoms with Crippen LogP contribution in [0.4, 0.5) is 0 Å². The van der Waals surface area contributed by atoms with Crippen LogP contribution in [0.3, 0.4) is 0 Å². The topological polar surface area (TPSA) is 138 Å². The predicted molar refractivity (Wildman–Crippen MR) is 79.4 cm³/mol. The van der Waals surface area contributed by atoms with E-state index in [2.05, 4.69) is 10.6 Å². The largest absolute Gasteiger partial charge is 0.550 e. The Balaban J connectivity index is 2.94. The second-order valence-electron chi connectivity index (χ2n) is 4.91. The molecule has 1 atom stereocenters. The molecule has 128 valence electrons. The van der Waals surface area contributed by atoms with Crippen molar-refractivity contribution in [1.29, 1.82) is 0 Å². The first-order chi connectivity index (χ1) is 11.3. The monoisotopic (exact) mass is 332 g/mol. The lowest BCUT2D eigenvalue weighted by molar-refractivity contribution is -0.310. The Hall–Kier alpha value is -3.16. The number of carboxylic acids is 2. The van der Waals surface area contributed by atoms with Gasteiger partial charge in [-0.2, -0.15) is 0 Å². The van der Waals surface area contributed by atoms with E-state index >= 15 is 0 Å². The fraction of sp³-hybridized carbons (Fsp3) is 0.250. The quantitative estimate of drug-likeness (QED) is 0.524. The van der Waals surface area contributed by atoms with Gasteiger partial charge in [-0.3, -0.25) is 9.59 Å². The van der Waals surface area contributed by atoms with Gasteiger partial charge in [0.2, 0.25) is 5.91 Å². The fourth-order valence-corrected chi connectivity index (χ4v) is 1.81. The highest BCUT2D eigenvalue weighted by Crippen LogP contribution is 2.06. The molecule has 0 radical (unpaired) electrons. The summed E-state index contributed by atoms with van der Waals surface area (Å²) in [6.45, 7) is 1.19. The summed E-state index contributed by atoms with van der Waals surface area (Å²) in [7, 11) is 0. The first-order valence-corrected chi connectivity index (χ1v) is 7.05. The molecule has 0 bridgehead atoms. The second-order valence-corrected chi connectivity index (χ2v) is 4.91. The summed E-state index contributed by atoms with van der Waals surface area (Å²) in [5.41, 5.74) is 0.435. The van der Waals surface area contributed by atoms with Crippen LogP contribution in [-0.2, 0) is 19.2 Å². The molecule has 2 amide bonds. The van der Waals surface area contributed by atoms with Gasteiger partial charge < -0.3 is 30.4 Å². The molecule has 0 fully saturated rings. The van der Waals surface area contributed by atoms with Crippen molar-refractivity contribution in [3.05, 3.63) is 41.6 Å². The van der Waals surface area contributed by atoms with Crippen LogP contribution in [0.1, 0.15) is 25.3 Å². The molecular weight excluding hydrogens is 316 g/mol. The maximum Gasteiger partial charge on any atom is 0.268 e. The standard InChI is InChI=1S/C16H18N2O6/c1-10(19)17-13(9-11-5-3-2-4-6-11)15(22)18-12(16(23)24)7-8-14(20)21/h2-6,9,12H,7-8H2,1H3,(H,17,19)(H,18,22)(H,20,21)(H,23,24)/p-2/b13-9-/t12-/m1/s1. The van der Waals surface area contributed by atoms with Crippen molar-refractivity contribution in [2.24, 2.45) is 0 Å². The van der Waals surface area contributed by atoms with E-state index in [0.717, 1.165) is 0 Å². The van der Waals surface area contributed by atoms with Gasteiger partial charge in [0.15, 0.2) is 0 Å². The van der Waals surface area contributed by atoms with E-state index in [9.17, 15) is 29.4 Å². The maximum absolute atomic E-state index is 12.2. The molecule has 24 heavy (non-hydrogen) atoms. The molecule has 0 saturated carbocycles. The highest BCUT2D eigenvalue weighted by atomic mass is 16.4. The molecule has 0 unspecified atom stereocenters. The zero-order valence-electron chi connectivity index (χ0n) is 12.9. The third-order valence-electron chi connectivity index (χ3n) is 2.89. The van der Waals surface area contributed by atoms with Crippen LogP contribution in [0, 0.1) is 0 Å². The number of hydrogen-bond donors (Lipinski definition) is 2. The molecule has 0 aliphatic rings. The minimum absolute atomic E-state index is 0.173. The number of carbonyl (C=O) groups excluding carboxylic acids is 4.